The van der Waals surface area contributed by atoms with Gasteiger partial charge in [0.2, 0.25) is 5.91 Å². The van der Waals surface area contributed by atoms with Crippen molar-refractivity contribution in [1.29, 1.82) is 0 Å². The molecule has 1 fully saturated rings. The first-order valence-corrected chi connectivity index (χ1v) is 6.63. The molecule has 102 valence electrons. The largest absolute Gasteiger partial charge is 0.461 e. The lowest BCUT2D eigenvalue weighted by atomic mass is 9.98. The maximum atomic E-state index is 12.0. The molecule has 0 N–H and O–H groups in total. The second-order valence-corrected chi connectivity index (χ2v) is 4.90. The third-order valence-corrected chi connectivity index (χ3v) is 3.42. The van der Waals surface area contributed by atoms with E-state index in [2.05, 4.69) is 0 Å². The van der Waals surface area contributed by atoms with E-state index in [-0.39, 0.29) is 17.8 Å². The number of piperidine rings is 1. The Morgan fingerprint density at radius 3 is 2.74 bits per heavy atom. The number of carbonyl (C=O) groups is 2. The van der Waals surface area contributed by atoms with Gasteiger partial charge in [0.05, 0.1) is 5.92 Å². The van der Waals surface area contributed by atoms with Crippen LogP contribution in [0.4, 0.5) is 0 Å². The lowest BCUT2D eigenvalue weighted by molar-refractivity contribution is -0.152. The summed E-state index contributed by atoms with van der Waals surface area (Å²) in [7, 11) is 0. The van der Waals surface area contributed by atoms with E-state index in [9.17, 15) is 9.59 Å². The molecule has 19 heavy (non-hydrogen) atoms. The van der Waals surface area contributed by atoms with Crippen molar-refractivity contribution in [3.8, 4) is 0 Å². The van der Waals surface area contributed by atoms with Gasteiger partial charge in [-0.2, -0.15) is 0 Å². The van der Waals surface area contributed by atoms with Crippen LogP contribution in [0, 0.1) is 5.92 Å². The minimum atomic E-state index is -0.199. The number of esters is 1. The zero-order chi connectivity index (χ0) is 13.7. The number of likely N-dealkylation sites (tertiary alicyclic amines) is 1. The highest BCUT2D eigenvalue weighted by Crippen LogP contribution is 2.18. The summed E-state index contributed by atoms with van der Waals surface area (Å²) in [5.74, 6) is -0.350. The van der Waals surface area contributed by atoms with Gasteiger partial charge < -0.3 is 9.64 Å². The number of ether oxygens (including phenoxy) is 1. The van der Waals surface area contributed by atoms with Crippen molar-refractivity contribution in [2.24, 2.45) is 5.92 Å². The van der Waals surface area contributed by atoms with Crippen molar-refractivity contribution in [1.82, 2.24) is 4.90 Å². The van der Waals surface area contributed by atoms with Gasteiger partial charge in [-0.25, -0.2) is 0 Å². The number of rotatable bonds is 3. The standard InChI is InChI=1S/C15H19NO3/c1-12(17)16-9-5-8-14(10-16)15(18)19-11-13-6-3-2-4-7-13/h2-4,6-7,14H,5,8-11H2,1H3. The predicted octanol–water partition coefficient (Wildman–Crippen LogP) is 1.99. The zero-order valence-electron chi connectivity index (χ0n) is 11.2. The Morgan fingerprint density at radius 1 is 1.32 bits per heavy atom. The molecule has 0 aliphatic carbocycles. The van der Waals surface area contributed by atoms with E-state index in [4.69, 9.17) is 4.74 Å². The summed E-state index contributed by atoms with van der Waals surface area (Å²) in [5, 5.41) is 0. The van der Waals surface area contributed by atoms with Crippen LogP contribution in [0.5, 0.6) is 0 Å². The summed E-state index contributed by atoms with van der Waals surface area (Å²) >= 11 is 0. The van der Waals surface area contributed by atoms with E-state index in [0.29, 0.717) is 13.2 Å². The fourth-order valence-corrected chi connectivity index (χ4v) is 2.30. The number of benzene rings is 1. The van der Waals surface area contributed by atoms with Gasteiger partial charge in [0.25, 0.3) is 0 Å². The lowest BCUT2D eigenvalue weighted by Crippen LogP contribution is -2.41. The number of hydrogen-bond donors (Lipinski definition) is 0. The quantitative estimate of drug-likeness (QED) is 0.782. The lowest BCUT2D eigenvalue weighted by Gasteiger charge is -2.30. The van der Waals surface area contributed by atoms with Gasteiger partial charge in [-0.15, -0.1) is 0 Å². The molecule has 0 radical (unpaired) electrons. The molecule has 0 spiro atoms. The first kappa shape index (κ1) is 13.6. The van der Waals surface area contributed by atoms with Crippen LogP contribution in [0.2, 0.25) is 0 Å². The van der Waals surface area contributed by atoms with Crippen molar-refractivity contribution < 1.29 is 14.3 Å². The van der Waals surface area contributed by atoms with Gasteiger partial charge in [-0.3, -0.25) is 9.59 Å². The van der Waals surface area contributed by atoms with Gasteiger partial charge in [-0.05, 0) is 18.4 Å². The smallest absolute Gasteiger partial charge is 0.311 e. The summed E-state index contributed by atoms with van der Waals surface area (Å²) in [6, 6.07) is 9.62. The Hall–Kier alpha value is -1.84. The number of carbonyl (C=O) groups excluding carboxylic acids is 2. The number of hydrogen-bond acceptors (Lipinski definition) is 3. The maximum absolute atomic E-state index is 12.0. The van der Waals surface area contributed by atoms with Crippen LogP contribution in [0.1, 0.15) is 25.3 Å². The highest BCUT2D eigenvalue weighted by molar-refractivity contribution is 5.76. The molecule has 0 saturated carbocycles. The Kier molecular flexibility index (Phi) is 4.55. The van der Waals surface area contributed by atoms with Gasteiger partial charge >= 0.3 is 5.97 Å². The Labute approximate surface area is 113 Å². The molecule has 4 nitrogen and oxygen atoms in total. The normalized spacial score (nSPS) is 19.0. The minimum absolute atomic E-state index is 0.0283. The molecule has 4 heteroatoms. The monoisotopic (exact) mass is 261 g/mol. The molecule has 1 unspecified atom stereocenters. The highest BCUT2D eigenvalue weighted by Gasteiger charge is 2.28. The summed E-state index contributed by atoms with van der Waals surface area (Å²) in [6.07, 6.45) is 1.67. The first-order valence-electron chi connectivity index (χ1n) is 6.63. The highest BCUT2D eigenvalue weighted by atomic mass is 16.5. The minimum Gasteiger partial charge on any atom is -0.461 e. The van der Waals surface area contributed by atoms with Crippen molar-refractivity contribution >= 4 is 11.9 Å². The molecule has 1 aliphatic heterocycles. The van der Waals surface area contributed by atoms with Crippen molar-refractivity contribution in [2.45, 2.75) is 26.4 Å². The van der Waals surface area contributed by atoms with E-state index >= 15 is 0 Å². The molecule has 1 atom stereocenters. The summed E-state index contributed by atoms with van der Waals surface area (Å²) in [5.41, 5.74) is 0.982. The van der Waals surface area contributed by atoms with Crippen molar-refractivity contribution in [2.75, 3.05) is 13.1 Å². The Bertz CT molecular complexity index is 444. The predicted molar refractivity (Wildman–Crippen MR) is 71.2 cm³/mol. The molecule has 0 bridgehead atoms. The van der Waals surface area contributed by atoms with E-state index in [0.717, 1.165) is 24.9 Å². The average molecular weight is 261 g/mol. The molecule has 1 aromatic rings. The van der Waals surface area contributed by atoms with Crippen molar-refractivity contribution in [3.63, 3.8) is 0 Å². The molecular formula is C15H19NO3. The molecule has 1 amide bonds. The third kappa shape index (κ3) is 3.81. The van der Waals surface area contributed by atoms with E-state index in [1.165, 1.54) is 6.92 Å². The number of amides is 1. The summed E-state index contributed by atoms with van der Waals surface area (Å²) in [6.45, 7) is 3.08. The number of nitrogens with zero attached hydrogens (tertiary/aromatic N) is 1. The van der Waals surface area contributed by atoms with Gasteiger partial charge in [0.1, 0.15) is 6.61 Å². The van der Waals surface area contributed by atoms with Gasteiger partial charge in [0.15, 0.2) is 0 Å². The van der Waals surface area contributed by atoms with Crippen LogP contribution < -0.4 is 0 Å². The molecule has 1 aliphatic rings. The van der Waals surface area contributed by atoms with Crippen LogP contribution in [-0.2, 0) is 20.9 Å². The molecule has 0 aromatic heterocycles. The molecule has 1 saturated heterocycles. The second kappa shape index (κ2) is 6.36. The molecule has 2 rings (SSSR count). The van der Waals surface area contributed by atoms with E-state index in [1.807, 2.05) is 30.3 Å². The van der Waals surface area contributed by atoms with Gasteiger partial charge in [0, 0.05) is 20.0 Å². The Morgan fingerprint density at radius 2 is 2.05 bits per heavy atom. The fraction of sp³-hybridized carbons (Fsp3) is 0.467. The maximum Gasteiger partial charge on any atom is 0.311 e. The van der Waals surface area contributed by atoms with Crippen LogP contribution >= 0.6 is 0 Å². The average Bonchev–Trinajstić information content (AvgIpc) is 2.46. The SMILES string of the molecule is CC(=O)N1CCCC(C(=O)OCc2ccccc2)C1. The van der Waals surface area contributed by atoms with Crippen LogP contribution in [-0.4, -0.2) is 29.9 Å². The van der Waals surface area contributed by atoms with Crippen LogP contribution in [0.25, 0.3) is 0 Å². The molecule has 1 heterocycles. The first-order chi connectivity index (χ1) is 9.16. The fourth-order valence-electron chi connectivity index (χ4n) is 2.30. The van der Waals surface area contributed by atoms with E-state index in [1.54, 1.807) is 4.90 Å². The molecular weight excluding hydrogens is 242 g/mol. The van der Waals surface area contributed by atoms with Crippen LogP contribution in [0.3, 0.4) is 0 Å². The van der Waals surface area contributed by atoms with Crippen molar-refractivity contribution in [3.05, 3.63) is 35.9 Å². The van der Waals surface area contributed by atoms with Crippen LogP contribution in [0.15, 0.2) is 30.3 Å². The third-order valence-electron chi connectivity index (χ3n) is 3.42. The van der Waals surface area contributed by atoms with E-state index < -0.39 is 0 Å². The van der Waals surface area contributed by atoms with Gasteiger partial charge in [-0.1, -0.05) is 30.3 Å². The molecule has 1 aromatic carbocycles. The topological polar surface area (TPSA) is 46.6 Å². The Balaban J connectivity index is 1.84. The summed E-state index contributed by atoms with van der Waals surface area (Å²) < 4.78 is 5.32. The summed E-state index contributed by atoms with van der Waals surface area (Å²) in [4.78, 5) is 25.0. The zero-order valence-corrected chi connectivity index (χ0v) is 11.2. The second-order valence-electron chi connectivity index (χ2n) is 4.90.